The van der Waals surface area contributed by atoms with Gasteiger partial charge in [-0.05, 0) is 31.4 Å². The number of carbonyl (C=O) groups excluding carboxylic acids is 1. The molecule has 2 bridgehead atoms. The third-order valence-electron chi connectivity index (χ3n) is 4.14. The first-order chi connectivity index (χ1) is 9.33. The number of halogens is 3. The van der Waals surface area contributed by atoms with Gasteiger partial charge in [-0.3, -0.25) is 9.78 Å². The number of nitrogens with two attached hydrogens (primary N) is 1. The molecule has 1 amide bonds. The van der Waals surface area contributed by atoms with Crippen LogP contribution in [0.4, 0.5) is 13.2 Å². The quantitative estimate of drug-likeness (QED) is 0.904. The summed E-state index contributed by atoms with van der Waals surface area (Å²) in [5.41, 5.74) is 3.97. The van der Waals surface area contributed by atoms with Crippen molar-refractivity contribution in [3.05, 3.63) is 29.6 Å². The van der Waals surface area contributed by atoms with Gasteiger partial charge in [0.25, 0.3) is 0 Å². The van der Waals surface area contributed by atoms with E-state index in [2.05, 4.69) is 4.98 Å². The van der Waals surface area contributed by atoms with Gasteiger partial charge in [0, 0.05) is 6.20 Å². The highest BCUT2D eigenvalue weighted by Crippen LogP contribution is 2.53. The summed E-state index contributed by atoms with van der Waals surface area (Å²) in [5, 5.41) is 0. The smallest absolute Gasteiger partial charge is 0.369 e. The average Bonchev–Trinajstić information content (AvgIpc) is 2.97. The standard InChI is InChI=1S/C13H13F3N2O2/c14-13(15,16)7-1-2-10(18-6-7)12-4-3-8(20-12)5-9(12)11(17)19/h1-2,6,8-9H,3-5H2,(H2,17,19). The first-order valence-electron chi connectivity index (χ1n) is 6.34. The van der Waals surface area contributed by atoms with Crippen LogP contribution in [0.25, 0.3) is 0 Å². The Hall–Kier alpha value is -1.63. The lowest BCUT2D eigenvalue weighted by Crippen LogP contribution is -2.40. The average molecular weight is 286 g/mol. The van der Waals surface area contributed by atoms with Crippen molar-refractivity contribution in [1.29, 1.82) is 0 Å². The van der Waals surface area contributed by atoms with Gasteiger partial charge in [-0.15, -0.1) is 0 Å². The maximum atomic E-state index is 12.5. The van der Waals surface area contributed by atoms with Gasteiger partial charge >= 0.3 is 6.18 Å². The number of alkyl halides is 3. The Morgan fingerprint density at radius 2 is 2.20 bits per heavy atom. The molecule has 2 aliphatic heterocycles. The highest BCUT2D eigenvalue weighted by molar-refractivity contribution is 5.79. The maximum absolute atomic E-state index is 12.5. The van der Waals surface area contributed by atoms with Crippen LogP contribution in [-0.4, -0.2) is 17.0 Å². The molecule has 108 valence electrons. The van der Waals surface area contributed by atoms with Gasteiger partial charge in [-0.2, -0.15) is 13.2 Å². The minimum absolute atomic E-state index is 0.0587. The molecule has 2 aliphatic rings. The van der Waals surface area contributed by atoms with Gasteiger partial charge in [0.2, 0.25) is 5.91 Å². The van der Waals surface area contributed by atoms with Gasteiger partial charge < -0.3 is 10.5 Å². The molecule has 1 aromatic rings. The molecule has 2 N–H and O–H groups in total. The van der Waals surface area contributed by atoms with E-state index in [9.17, 15) is 18.0 Å². The summed E-state index contributed by atoms with van der Waals surface area (Å²) >= 11 is 0. The normalized spacial score (nSPS) is 32.5. The van der Waals surface area contributed by atoms with Gasteiger partial charge in [0.1, 0.15) is 5.60 Å². The fourth-order valence-corrected chi connectivity index (χ4v) is 3.19. The molecule has 3 heterocycles. The Morgan fingerprint density at radius 3 is 2.70 bits per heavy atom. The summed E-state index contributed by atoms with van der Waals surface area (Å²) in [4.78, 5) is 15.4. The Kier molecular flexibility index (Phi) is 2.79. The zero-order chi connectivity index (χ0) is 14.5. The molecule has 2 saturated heterocycles. The van der Waals surface area contributed by atoms with Crippen molar-refractivity contribution in [2.45, 2.75) is 37.1 Å². The van der Waals surface area contributed by atoms with E-state index < -0.39 is 29.2 Å². The monoisotopic (exact) mass is 286 g/mol. The molecule has 3 unspecified atom stereocenters. The van der Waals surface area contributed by atoms with E-state index in [0.29, 0.717) is 18.5 Å². The Balaban J connectivity index is 1.97. The number of fused-ring (bicyclic) bond motifs is 2. The minimum Gasteiger partial charge on any atom is -0.369 e. The van der Waals surface area contributed by atoms with Crippen molar-refractivity contribution in [2.24, 2.45) is 11.7 Å². The zero-order valence-electron chi connectivity index (χ0n) is 10.5. The van der Waals surface area contributed by atoms with Crippen molar-refractivity contribution in [3.63, 3.8) is 0 Å². The van der Waals surface area contributed by atoms with Crippen LogP contribution in [0, 0.1) is 5.92 Å². The largest absolute Gasteiger partial charge is 0.417 e. The number of nitrogens with zero attached hydrogens (tertiary/aromatic N) is 1. The van der Waals surface area contributed by atoms with E-state index in [4.69, 9.17) is 10.5 Å². The molecule has 3 atom stereocenters. The van der Waals surface area contributed by atoms with Gasteiger partial charge in [0.15, 0.2) is 0 Å². The summed E-state index contributed by atoms with van der Waals surface area (Å²) in [6.07, 6.45) is -1.87. The highest BCUT2D eigenvalue weighted by Gasteiger charge is 2.57. The molecule has 3 rings (SSSR count). The highest BCUT2D eigenvalue weighted by atomic mass is 19.4. The van der Waals surface area contributed by atoms with E-state index >= 15 is 0 Å². The number of hydrogen-bond acceptors (Lipinski definition) is 3. The van der Waals surface area contributed by atoms with Crippen LogP contribution < -0.4 is 5.73 Å². The number of aromatic nitrogens is 1. The van der Waals surface area contributed by atoms with Crippen molar-refractivity contribution in [1.82, 2.24) is 4.98 Å². The minimum atomic E-state index is -4.43. The second-order valence-electron chi connectivity index (χ2n) is 5.29. The number of ether oxygens (including phenoxy) is 1. The second-order valence-corrected chi connectivity index (χ2v) is 5.29. The first-order valence-corrected chi connectivity index (χ1v) is 6.34. The molecule has 0 aromatic carbocycles. The molecular weight excluding hydrogens is 273 g/mol. The number of pyridine rings is 1. The summed E-state index contributed by atoms with van der Waals surface area (Å²) < 4.78 is 43.4. The molecular formula is C13H13F3N2O2. The number of amides is 1. The van der Waals surface area contributed by atoms with Crippen LogP contribution in [0.3, 0.4) is 0 Å². The molecule has 0 spiro atoms. The van der Waals surface area contributed by atoms with E-state index in [1.165, 1.54) is 6.07 Å². The summed E-state index contributed by atoms with van der Waals surface area (Å²) in [7, 11) is 0. The zero-order valence-corrected chi connectivity index (χ0v) is 10.5. The predicted molar refractivity (Wildman–Crippen MR) is 62.3 cm³/mol. The lowest BCUT2D eigenvalue weighted by Gasteiger charge is -2.30. The molecule has 2 fully saturated rings. The second kappa shape index (κ2) is 4.18. The Morgan fingerprint density at radius 1 is 1.45 bits per heavy atom. The summed E-state index contributed by atoms with van der Waals surface area (Å²) in [5.74, 6) is -1.01. The third-order valence-corrected chi connectivity index (χ3v) is 4.14. The van der Waals surface area contributed by atoms with E-state index in [1.807, 2.05) is 0 Å². The molecule has 0 saturated carbocycles. The van der Waals surface area contributed by atoms with Gasteiger partial charge in [0.05, 0.1) is 23.3 Å². The summed E-state index contributed by atoms with van der Waals surface area (Å²) in [6, 6.07) is 2.25. The lowest BCUT2D eigenvalue weighted by molar-refractivity contribution is -0.138. The fraction of sp³-hybridized carbons (Fsp3) is 0.538. The van der Waals surface area contributed by atoms with Crippen LogP contribution in [0.1, 0.15) is 30.5 Å². The van der Waals surface area contributed by atoms with Crippen molar-refractivity contribution >= 4 is 5.91 Å². The molecule has 1 aromatic heterocycles. The Bertz CT molecular complexity index is 544. The predicted octanol–water partition coefficient (Wildman–Crippen LogP) is 1.98. The molecule has 7 heteroatoms. The Labute approximate surface area is 113 Å². The number of primary amides is 1. The van der Waals surface area contributed by atoms with Crippen LogP contribution in [-0.2, 0) is 21.3 Å². The fourth-order valence-electron chi connectivity index (χ4n) is 3.19. The van der Waals surface area contributed by atoms with Gasteiger partial charge in [-0.25, -0.2) is 0 Å². The number of rotatable bonds is 2. The topological polar surface area (TPSA) is 65.2 Å². The maximum Gasteiger partial charge on any atom is 0.417 e. The molecule has 20 heavy (non-hydrogen) atoms. The van der Waals surface area contributed by atoms with Crippen LogP contribution in [0.5, 0.6) is 0 Å². The van der Waals surface area contributed by atoms with Crippen LogP contribution >= 0.6 is 0 Å². The third kappa shape index (κ3) is 1.88. The number of hydrogen-bond donors (Lipinski definition) is 1. The van der Waals surface area contributed by atoms with Crippen molar-refractivity contribution < 1.29 is 22.7 Å². The van der Waals surface area contributed by atoms with Gasteiger partial charge in [-0.1, -0.05) is 0 Å². The molecule has 0 aliphatic carbocycles. The van der Waals surface area contributed by atoms with E-state index in [1.54, 1.807) is 0 Å². The molecule has 4 nitrogen and oxygen atoms in total. The number of carbonyl (C=O) groups is 1. The molecule has 0 radical (unpaired) electrons. The lowest BCUT2D eigenvalue weighted by atomic mass is 9.76. The van der Waals surface area contributed by atoms with E-state index in [0.717, 1.165) is 18.7 Å². The van der Waals surface area contributed by atoms with Crippen molar-refractivity contribution in [2.75, 3.05) is 0 Å². The SMILES string of the molecule is NC(=O)C1CC2CCC1(c1ccc(C(F)(F)F)cn1)O2. The van der Waals surface area contributed by atoms with Crippen molar-refractivity contribution in [3.8, 4) is 0 Å². The van der Waals surface area contributed by atoms with Crippen LogP contribution in [0.2, 0.25) is 0 Å². The van der Waals surface area contributed by atoms with E-state index in [-0.39, 0.29) is 6.10 Å². The first kappa shape index (κ1) is 13.4. The van der Waals surface area contributed by atoms with Crippen LogP contribution in [0.15, 0.2) is 18.3 Å². The summed E-state index contributed by atoms with van der Waals surface area (Å²) in [6.45, 7) is 0.